The van der Waals surface area contributed by atoms with E-state index >= 15 is 0 Å². The second kappa shape index (κ2) is 11.9. The van der Waals surface area contributed by atoms with Crippen molar-refractivity contribution < 1.29 is 40.7 Å². The lowest BCUT2D eigenvalue weighted by molar-refractivity contribution is -0.150. The number of benzene rings is 1. The number of likely N-dealkylation sites (N-methyl/N-ethyl adjacent to an activating group) is 1. The van der Waals surface area contributed by atoms with Crippen LogP contribution < -0.4 is 10.1 Å². The number of amides is 2. The number of ether oxygens (including phenoxy) is 2. The number of aryl methyl sites for hydroxylation is 1. The number of imidazole rings is 1. The molecule has 3 atom stereocenters. The number of rotatable bonds is 5. The minimum absolute atomic E-state index is 0.0143. The Hall–Kier alpha value is -3.17. The average Bonchev–Trinajstić information content (AvgIpc) is 3.29. The van der Waals surface area contributed by atoms with Gasteiger partial charge >= 0.3 is 6.18 Å². The molecule has 2 heterocycles. The highest BCUT2D eigenvalue weighted by molar-refractivity contribution is 7.89. The van der Waals surface area contributed by atoms with E-state index in [-0.39, 0.29) is 47.6 Å². The second-order valence-electron chi connectivity index (χ2n) is 9.60. The molecule has 15 heteroatoms. The van der Waals surface area contributed by atoms with Crippen molar-refractivity contribution in [2.24, 2.45) is 13.0 Å². The van der Waals surface area contributed by atoms with Crippen LogP contribution in [0.3, 0.4) is 0 Å². The number of hydrogen-bond donors (Lipinski definition) is 1. The number of nitrogens with one attached hydrogen (secondary N) is 1. The predicted molar refractivity (Wildman–Crippen MR) is 135 cm³/mol. The summed E-state index contributed by atoms with van der Waals surface area (Å²) in [6, 6.07) is 3.12. The highest BCUT2D eigenvalue weighted by Gasteiger charge is 2.36. The zero-order valence-corrected chi connectivity index (χ0v) is 23.0. The van der Waals surface area contributed by atoms with E-state index in [1.807, 2.05) is 6.92 Å². The molecule has 0 aliphatic carbocycles. The van der Waals surface area contributed by atoms with E-state index in [1.165, 1.54) is 51.6 Å². The lowest BCUT2D eigenvalue weighted by atomic mass is 10.0. The van der Waals surface area contributed by atoms with Crippen LogP contribution in [0.5, 0.6) is 5.75 Å². The molecule has 0 unspecified atom stereocenters. The second-order valence-corrected chi connectivity index (χ2v) is 11.4. The Bertz CT molecular complexity index is 1300. The van der Waals surface area contributed by atoms with Crippen molar-refractivity contribution in [3.8, 4) is 5.75 Å². The molecule has 2 amide bonds. The van der Waals surface area contributed by atoms with Crippen LogP contribution in [0.1, 0.15) is 30.6 Å². The van der Waals surface area contributed by atoms with Gasteiger partial charge < -0.3 is 24.3 Å². The first-order chi connectivity index (χ1) is 18.1. The summed E-state index contributed by atoms with van der Waals surface area (Å²) in [6.45, 7) is 3.39. The summed E-state index contributed by atoms with van der Waals surface area (Å²) in [5.41, 5.74) is 0.0697. The van der Waals surface area contributed by atoms with Crippen molar-refractivity contribution in [1.29, 1.82) is 0 Å². The largest absolute Gasteiger partial charge is 0.491 e. The minimum Gasteiger partial charge on any atom is -0.491 e. The molecule has 1 aromatic carbocycles. The molecule has 11 nitrogen and oxygen atoms in total. The van der Waals surface area contributed by atoms with Gasteiger partial charge in [0, 0.05) is 52.2 Å². The van der Waals surface area contributed by atoms with Gasteiger partial charge in [-0.2, -0.15) is 17.5 Å². The van der Waals surface area contributed by atoms with Crippen LogP contribution in [0.25, 0.3) is 0 Å². The third-order valence-electron chi connectivity index (χ3n) is 6.29. The van der Waals surface area contributed by atoms with Crippen molar-refractivity contribution >= 4 is 27.5 Å². The lowest BCUT2D eigenvalue weighted by Gasteiger charge is -2.35. The zero-order valence-electron chi connectivity index (χ0n) is 22.2. The fourth-order valence-corrected chi connectivity index (χ4v) is 5.87. The molecule has 0 fully saturated rings. The van der Waals surface area contributed by atoms with Gasteiger partial charge in [-0.05, 0) is 25.0 Å². The number of nitrogens with zero attached hydrogens (tertiary/aromatic N) is 4. The summed E-state index contributed by atoms with van der Waals surface area (Å²) < 4.78 is 79.2. The first-order valence-corrected chi connectivity index (χ1v) is 13.5. The Morgan fingerprint density at radius 1 is 1.23 bits per heavy atom. The van der Waals surface area contributed by atoms with Crippen LogP contribution in [0.2, 0.25) is 0 Å². The normalized spacial score (nSPS) is 21.9. The number of carbonyl (C=O) groups excluding carboxylic acids is 2. The Labute approximate surface area is 224 Å². The molecule has 0 bridgehead atoms. The van der Waals surface area contributed by atoms with Crippen LogP contribution >= 0.6 is 0 Å². The lowest BCUT2D eigenvalue weighted by Crippen LogP contribution is -2.48. The van der Waals surface area contributed by atoms with Crippen molar-refractivity contribution in [3.63, 3.8) is 0 Å². The number of fused-ring (bicyclic) bond motifs is 1. The van der Waals surface area contributed by atoms with Crippen LogP contribution in [0.15, 0.2) is 35.7 Å². The van der Waals surface area contributed by atoms with Gasteiger partial charge in [-0.25, -0.2) is 13.4 Å². The molecule has 0 saturated heterocycles. The van der Waals surface area contributed by atoms with Crippen molar-refractivity contribution in [1.82, 2.24) is 18.8 Å². The Balaban J connectivity index is 2.00. The molecule has 1 N–H and O–H groups in total. The zero-order chi connectivity index (χ0) is 29.1. The fraction of sp³-hybridized carbons (Fsp3) is 0.542. The van der Waals surface area contributed by atoms with Gasteiger partial charge in [0.2, 0.25) is 5.91 Å². The number of halogens is 3. The first kappa shape index (κ1) is 30.4. The van der Waals surface area contributed by atoms with Gasteiger partial charge in [0.1, 0.15) is 18.8 Å². The molecule has 3 rings (SSSR count). The summed E-state index contributed by atoms with van der Waals surface area (Å²) in [7, 11) is 0.595. The highest BCUT2D eigenvalue weighted by atomic mass is 32.2. The SMILES string of the molecule is CO[C@@H]1CN(C)C(=O)c2ccc(NC(=O)CC(F)(F)F)cc2OC[C@@H](C)N(S(=O)(=O)c2cn(C)cn2)C[C@@H]1C. The van der Waals surface area contributed by atoms with E-state index in [4.69, 9.17) is 9.47 Å². The number of alkyl halides is 3. The monoisotopic (exact) mass is 575 g/mol. The average molecular weight is 576 g/mol. The van der Waals surface area contributed by atoms with Gasteiger partial charge in [0.05, 0.1) is 24.0 Å². The molecule has 216 valence electrons. The van der Waals surface area contributed by atoms with E-state index in [1.54, 1.807) is 21.0 Å². The third kappa shape index (κ3) is 7.48. The third-order valence-corrected chi connectivity index (χ3v) is 8.15. The van der Waals surface area contributed by atoms with E-state index in [9.17, 15) is 31.2 Å². The number of carbonyl (C=O) groups is 2. The smallest absolute Gasteiger partial charge is 0.397 e. The van der Waals surface area contributed by atoms with E-state index in [0.717, 1.165) is 0 Å². The molecule has 1 aliphatic rings. The fourth-order valence-electron chi connectivity index (χ4n) is 4.18. The van der Waals surface area contributed by atoms with Gasteiger partial charge in [0.15, 0.2) is 5.03 Å². The number of anilines is 1. The van der Waals surface area contributed by atoms with Crippen molar-refractivity contribution in [2.75, 3.05) is 39.2 Å². The highest BCUT2D eigenvalue weighted by Crippen LogP contribution is 2.29. The van der Waals surface area contributed by atoms with Crippen molar-refractivity contribution in [2.45, 2.75) is 43.6 Å². The summed E-state index contributed by atoms with van der Waals surface area (Å²) in [5, 5.41) is 2.00. The Morgan fingerprint density at radius 3 is 2.51 bits per heavy atom. The van der Waals surface area contributed by atoms with E-state index in [2.05, 4.69) is 10.3 Å². The van der Waals surface area contributed by atoms with E-state index < -0.39 is 46.6 Å². The molecule has 0 spiro atoms. The molecule has 0 radical (unpaired) electrons. The molecule has 0 saturated carbocycles. The maximum Gasteiger partial charge on any atom is 0.397 e. The molecule has 39 heavy (non-hydrogen) atoms. The molecular weight excluding hydrogens is 543 g/mol. The standard InChI is InChI=1S/C24H32F3N5O6S/c1-15-10-32(39(35,36)22-12-30(3)14-28-22)16(2)13-38-19-8-17(29-21(33)9-24(25,26)27)6-7-18(19)23(34)31(4)11-20(15)37-5/h6-8,12,14-16,20H,9-11,13H2,1-5H3,(H,29,33)/t15-,16+,20+/m0/s1. The quantitative estimate of drug-likeness (QED) is 0.581. The molecule has 1 aromatic heterocycles. The number of sulfonamides is 1. The van der Waals surface area contributed by atoms with Gasteiger partial charge in [-0.1, -0.05) is 6.92 Å². The topological polar surface area (TPSA) is 123 Å². The van der Waals surface area contributed by atoms with Gasteiger partial charge in [0.25, 0.3) is 15.9 Å². The minimum atomic E-state index is -4.69. The van der Waals surface area contributed by atoms with E-state index in [0.29, 0.717) is 0 Å². The van der Waals surface area contributed by atoms with Crippen LogP contribution in [0, 0.1) is 5.92 Å². The van der Waals surface area contributed by atoms with Gasteiger partial charge in [-0.15, -0.1) is 0 Å². The Morgan fingerprint density at radius 2 is 1.92 bits per heavy atom. The van der Waals surface area contributed by atoms with Gasteiger partial charge in [-0.3, -0.25) is 9.59 Å². The number of hydrogen-bond acceptors (Lipinski definition) is 7. The maximum atomic E-state index is 13.6. The first-order valence-electron chi connectivity index (χ1n) is 12.0. The van der Waals surface area contributed by atoms with Crippen molar-refractivity contribution in [3.05, 3.63) is 36.3 Å². The maximum absolute atomic E-state index is 13.6. The van der Waals surface area contributed by atoms with Crippen LogP contribution in [-0.2, 0) is 26.6 Å². The number of methoxy groups -OCH3 is 1. The summed E-state index contributed by atoms with van der Waals surface area (Å²) in [5.74, 6) is -2.09. The summed E-state index contributed by atoms with van der Waals surface area (Å²) in [4.78, 5) is 30.5. The van der Waals surface area contributed by atoms with Crippen LogP contribution in [-0.4, -0.2) is 91.2 Å². The molecular formula is C24H32F3N5O6S. The summed E-state index contributed by atoms with van der Waals surface area (Å²) in [6.07, 6.45) is -4.15. The number of aromatic nitrogens is 2. The molecule has 2 aromatic rings. The predicted octanol–water partition coefficient (Wildman–Crippen LogP) is 2.51. The molecule has 1 aliphatic heterocycles. The summed E-state index contributed by atoms with van der Waals surface area (Å²) >= 11 is 0. The Kier molecular flexibility index (Phi) is 9.28. The van der Waals surface area contributed by atoms with Crippen LogP contribution in [0.4, 0.5) is 18.9 Å².